The fraction of sp³-hybridized carbons (Fsp3) is 0.308. The van der Waals surface area contributed by atoms with Crippen molar-refractivity contribution >= 4 is 0 Å². The average molecular weight is 260 g/mol. The van der Waals surface area contributed by atoms with Crippen LogP contribution in [0, 0.1) is 0 Å². The lowest BCUT2D eigenvalue weighted by atomic mass is 10.2. The van der Waals surface area contributed by atoms with Crippen molar-refractivity contribution < 1.29 is 0 Å². The van der Waals surface area contributed by atoms with Crippen LogP contribution >= 0.6 is 0 Å². The van der Waals surface area contributed by atoms with Crippen molar-refractivity contribution in [1.82, 2.24) is 19.4 Å². The standard InChI is InChI=1S/C13H16N4O2/c1-16-9-11(12(18)17(2)13(16)19)8-15-7-10-4-3-5-14-6-10/h3-6,9,15H,7-8H2,1-2H3. The van der Waals surface area contributed by atoms with E-state index in [-0.39, 0.29) is 11.2 Å². The molecule has 0 aromatic carbocycles. The Morgan fingerprint density at radius 3 is 2.74 bits per heavy atom. The first kappa shape index (κ1) is 13.2. The zero-order valence-electron chi connectivity index (χ0n) is 11.0. The number of hydrogen-bond donors (Lipinski definition) is 1. The van der Waals surface area contributed by atoms with Crippen molar-refractivity contribution in [3.63, 3.8) is 0 Å². The van der Waals surface area contributed by atoms with Gasteiger partial charge in [-0.1, -0.05) is 6.07 Å². The molecule has 2 aromatic rings. The smallest absolute Gasteiger partial charge is 0.308 e. The topological polar surface area (TPSA) is 68.9 Å². The molecule has 0 bridgehead atoms. The molecule has 0 aliphatic carbocycles. The van der Waals surface area contributed by atoms with Crippen LogP contribution in [0.4, 0.5) is 0 Å². The molecule has 100 valence electrons. The second kappa shape index (κ2) is 5.62. The maximum Gasteiger partial charge on any atom is 0.330 e. The van der Waals surface area contributed by atoms with E-state index < -0.39 is 0 Å². The molecule has 6 heteroatoms. The van der Waals surface area contributed by atoms with Gasteiger partial charge in [0.25, 0.3) is 5.56 Å². The highest BCUT2D eigenvalue weighted by Gasteiger charge is 2.06. The number of hydrogen-bond acceptors (Lipinski definition) is 4. The summed E-state index contributed by atoms with van der Waals surface area (Å²) in [6.45, 7) is 1.04. The number of pyridine rings is 1. The molecule has 0 saturated heterocycles. The van der Waals surface area contributed by atoms with Crippen LogP contribution in [-0.2, 0) is 27.2 Å². The Morgan fingerprint density at radius 1 is 1.26 bits per heavy atom. The van der Waals surface area contributed by atoms with Gasteiger partial charge in [-0.25, -0.2) is 4.79 Å². The zero-order valence-corrected chi connectivity index (χ0v) is 11.0. The summed E-state index contributed by atoms with van der Waals surface area (Å²) < 4.78 is 2.52. The molecule has 2 aromatic heterocycles. The van der Waals surface area contributed by atoms with E-state index in [1.54, 1.807) is 25.6 Å². The molecule has 0 radical (unpaired) electrons. The van der Waals surface area contributed by atoms with Crippen LogP contribution in [0.15, 0.2) is 40.3 Å². The molecule has 0 aliphatic heterocycles. The molecule has 2 heterocycles. The van der Waals surface area contributed by atoms with Crippen LogP contribution in [0.1, 0.15) is 11.1 Å². The molecular weight excluding hydrogens is 244 g/mol. The molecule has 0 spiro atoms. The average Bonchev–Trinajstić information content (AvgIpc) is 2.43. The van der Waals surface area contributed by atoms with E-state index in [0.717, 1.165) is 10.1 Å². The summed E-state index contributed by atoms with van der Waals surface area (Å²) in [5.41, 5.74) is 1.03. The maximum atomic E-state index is 11.9. The number of nitrogens with zero attached hydrogens (tertiary/aromatic N) is 3. The minimum absolute atomic E-state index is 0.262. The van der Waals surface area contributed by atoms with E-state index in [1.165, 1.54) is 11.6 Å². The third kappa shape index (κ3) is 2.97. The van der Waals surface area contributed by atoms with E-state index in [2.05, 4.69) is 10.3 Å². The van der Waals surface area contributed by atoms with Gasteiger partial charge in [0.15, 0.2) is 0 Å². The number of aromatic nitrogens is 3. The monoisotopic (exact) mass is 260 g/mol. The molecule has 1 N–H and O–H groups in total. The highest BCUT2D eigenvalue weighted by atomic mass is 16.2. The van der Waals surface area contributed by atoms with Gasteiger partial charge in [0.2, 0.25) is 0 Å². The van der Waals surface area contributed by atoms with Gasteiger partial charge in [0.05, 0.1) is 0 Å². The van der Waals surface area contributed by atoms with E-state index >= 15 is 0 Å². The zero-order chi connectivity index (χ0) is 13.8. The lowest BCUT2D eigenvalue weighted by Crippen LogP contribution is -2.39. The van der Waals surface area contributed by atoms with Crippen LogP contribution < -0.4 is 16.6 Å². The summed E-state index contributed by atoms with van der Waals surface area (Å²) in [6, 6.07) is 3.82. The van der Waals surface area contributed by atoms with Crippen LogP contribution in [-0.4, -0.2) is 14.1 Å². The summed E-state index contributed by atoms with van der Waals surface area (Å²) in [7, 11) is 3.11. The SMILES string of the molecule is Cn1cc(CNCc2cccnc2)c(=O)n(C)c1=O. The molecule has 0 atom stereocenters. The lowest BCUT2D eigenvalue weighted by Gasteiger charge is -2.08. The van der Waals surface area contributed by atoms with E-state index in [0.29, 0.717) is 18.7 Å². The summed E-state index contributed by atoms with van der Waals surface area (Å²) in [6.07, 6.45) is 5.05. The normalized spacial score (nSPS) is 10.6. The van der Waals surface area contributed by atoms with Crippen molar-refractivity contribution in [3.8, 4) is 0 Å². The first-order chi connectivity index (χ1) is 9.09. The fourth-order valence-electron chi connectivity index (χ4n) is 1.85. The number of nitrogens with one attached hydrogen (secondary N) is 1. The van der Waals surface area contributed by atoms with Crippen LogP contribution in [0.2, 0.25) is 0 Å². The largest absolute Gasteiger partial charge is 0.330 e. The van der Waals surface area contributed by atoms with Gasteiger partial charge in [0, 0.05) is 51.3 Å². The second-order valence-electron chi connectivity index (χ2n) is 4.38. The quantitative estimate of drug-likeness (QED) is 0.824. The lowest BCUT2D eigenvalue weighted by molar-refractivity contribution is 0.630. The van der Waals surface area contributed by atoms with Crippen molar-refractivity contribution in [2.24, 2.45) is 14.1 Å². The molecule has 19 heavy (non-hydrogen) atoms. The van der Waals surface area contributed by atoms with Gasteiger partial charge in [-0.15, -0.1) is 0 Å². The van der Waals surface area contributed by atoms with Gasteiger partial charge in [-0.2, -0.15) is 0 Å². The Bertz CT molecular complexity index is 673. The highest BCUT2D eigenvalue weighted by Crippen LogP contribution is 1.95. The Labute approximate surface area is 110 Å². The summed E-state index contributed by atoms with van der Waals surface area (Å²) in [5.74, 6) is 0. The Kier molecular flexibility index (Phi) is 3.91. The second-order valence-corrected chi connectivity index (χ2v) is 4.38. The molecular formula is C13H16N4O2. The fourth-order valence-corrected chi connectivity index (χ4v) is 1.85. The summed E-state index contributed by atoms with van der Waals surface area (Å²) in [4.78, 5) is 27.4. The molecule has 0 fully saturated rings. The molecule has 2 rings (SSSR count). The van der Waals surface area contributed by atoms with Crippen LogP contribution in [0.3, 0.4) is 0 Å². The number of rotatable bonds is 4. The minimum Gasteiger partial charge on any atom is -0.308 e. The van der Waals surface area contributed by atoms with Crippen LogP contribution in [0.5, 0.6) is 0 Å². The highest BCUT2D eigenvalue weighted by molar-refractivity contribution is 5.09. The Balaban J connectivity index is 2.09. The Morgan fingerprint density at radius 2 is 2.05 bits per heavy atom. The van der Waals surface area contributed by atoms with Crippen molar-refractivity contribution in [1.29, 1.82) is 0 Å². The van der Waals surface area contributed by atoms with Gasteiger partial charge < -0.3 is 9.88 Å². The molecule has 0 aliphatic rings. The van der Waals surface area contributed by atoms with Crippen LogP contribution in [0.25, 0.3) is 0 Å². The van der Waals surface area contributed by atoms with Gasteiger partial charge in [0.1, 0.15) is 0 Å². The van der Waals surface area contributed by atoms with E-state index in [1.807, 2.05) is 12.1 Å². The van der Waals surface area contributed by atoms with Crippen molar-refractivity contribution in [3.05, 3.63) is 62.7 Å². The van der Waals surface area contributed by atoms with Gasteiger partial charge in [-0.3, -0.25) is 14.3 Å². The molecule has 6 nitrogen and oxygen atoms in total. The predicted octanol–water partition coefficient (Wildman–Crippen LogP) is -0.231. The summed E-state index contributed by atoms with van der Waals surface area (Å²) in [5, 5.41) is 3.16. The molecule has 0 unspecified atom stereocenters. The third-order valence-electron chi connectivity index (χ3n) is 2.88. The van der Waals surface area contributed by atoms with Gasteiger partial charge in [-0.05, 0) is 11.6 Å². The van der Waals surface area contributed by atoms with Gasteiger partial charge >= 0.3 is 5.69 Å². The molecule has 0 saturated carbocycles. The maximum absolute atomic E-state index is 11.9. The summed E-state index contributed by atoms with van der Waals surface area (Å²) >= 11 is 0. The Hall–Kier alpha value is -2.21. The van der Waals surface area contributed by atoms with Crippen molar-refractivity contribution in [2.45, 2.75) is 13.1 Å². The number of aryl methyl sites for hydroxylation is 1. The third-order valence-corrected chi connectivity index (χ3v) is 2.88. The van der Waals surface area contributed by atoms with E-state index in [9.17, 15) is 9.59 Å². The van der Waals surface area contributed by atoms with Crippen molar-refractivity contribution in [2.75, 3.05) is 0 Å². The minimum atomic E-state index is -0.319. The predicted molar refractivity (Wildman–Crippen MR) is 71.7 cm³/mol. The van der Waals surface area contributed by atoms with E-state index in [4.69, 9.17) is 0 Å². The first-order valence-corrected chi connectivity index (χ1v) is 5.94. The molecule has 0 amide bonds. The first-order valence-electron chi connectivity index (χ1n) is 5.94.